The topological polar surface area (TPSA) is 85.2 Å². The molecule has 0 aliphatic heterocycles. The third-order valence-electron chi connectivity index (χ3n) is 1.86. The second-order valence-corrected chi connectivity index (χ2v) is 2.88. The van der Waals surface area contributed by atoms with Gasteiger partial charge in [0, 0.05) is 0 Å². The molecular weight excluding hydrogens is 224 g/mol. The summed E-state index contributed by atoms with van der Waals surface area (Å²) in [6.07, 6.45) is 2.53. The Balaban J connectivity index is 2.83. The first-order chi connectivity index (χ1) is 8.29. The van der Waals surface area contributed by atoms with Gasteiger partial charge >= 0.3 is 5.97 Å². The zero-order chi connectivity index (χ0) is 12.5. The van der Waals surface area contributed by atoms with Crippen LogP contribution in [0.5, 0.6) is 0 Å². The number of rotatable bonds is 5. The number of carbonyl (C=O) groups excluding carboxylic acids is 3. The SMILES string of the molecule is O=C=NCOC(=O)C(N=C=O)c1ccccc1. The van der Waals surface area contributed by atoms with E-state index in [0.717, 1.165) is 0 Å². The molecule has 1 unspecified atom stereocenters. The van der Waals surface area contributed by atoms with Crippen molar-refractivity contribution in [2.24, 2.45) is 9.98 Å². The van der Waals surface area contributed by atoms with Crippen LogP contribution in [-0.2, 0) is 19.1 Å². The average molecular weight is 232 g/mol. The summed E-state index contributed by atoms with van der Waals surface area (Å²) in [5.41, 5.74) is 0.496. The molecule has 6 nitrogen and oxygen atoms in total. The third-order valence-corrected chi connectivity index (χ3v) is 1.86. The summed E-state index contributed by atoms with van der Waals surface area (Å²) in [7, 11) is 0. The highest BCUT2D eigenvalue weighted by atomic mass is 16.5. The molecule has 1 aromatic rings. The standard InChI is InChI=1S/C11H8N2O4/c14-6-12-8-17-11(16)10(13-7-15)9-4-2-1-3-5-9/h1-5,10H,8H2. The molecule has 0 aliphatic carbocycles. The van der Waals surface area contributed by atoms with E-state index in [1.54, 1.807) is 30.3 Å². The van der Waals surface area contributed by atoms with Crippen molar-refractivity contribution in [1.82, 2.24) is 0 Å². The Kier molecular flexibility index (Phi) is 5.04. The van der Waals surface area contributed by atoms with Gasteiger partial charge in [-0.2, -0.15) is 9.98 Å². The number of ether oxygens (including phenoxy) is 1. The van der Waals surface area contributed by atoms with Crippen LogP contribution >= 0.6 is 0 Å². The number of isocyanates is 2. The van der Waals surface area contributed by atoms with Crippen LogP contribution in [0.15, 0.2) is 40.3 Å². The van der Waals surface area contributed by atoms with Crippen LogP contribution in [0.1, 0.15) is 11.6 Å². The summed E-state index contributed by atoms with van der Waals surface area (Å²) in [4.78, 5) is 38.0. The zero-order valence-electron chi connectivity index (χ0n) is 8.70. The van der Waals surface area contributed by atoms with E-state index < -0.39 is 18.7 Å². The van der Waals surface area contributed by atoms with Crippen molar-refractivity contribution < 1.29 is 19.1 Å². The van der Waals surface area contributed by atoms with Crippen molar-refractivity contribution in [2.75, 3.05) is 6.73 Å². The second kappa shape index (κ2) is 6.85. The lowest BCUT2D eigenvalue weighted by Crippen LogP contribution is -2.14. The molecule has 1 atom stereocenters. The van der Waals surface area contributed by atoms with Gasteiger partial charge in [0.25, 0.3) is 0 Å². The van der Waals surface area contributed by atoms with Crippen LogP contribution < -0.4 is 0 Å². The fraction of sp³-hybridized carbons (Fsp3) is 0.182. The molecule has 1 aromatic carbocycles. The molecule has 0 saturated carbocycles. The molecule has 0 N–H and O–H groups in total. The Morgan fingerprint density at radius 1 is 1.24 bits per heavy atom. The maximum absolute atomic E-state index is 11.5. The van der Waals surface area contributed by atoms with Crippen LogP contribution in [0, 0.1) is 0 Å². The number of carbonyl (C=O) groups is 1. The van der Waals surface area contributed by atoms with Gasteiger partial charge in [-0.05, 0) is 5.56 Å². The van der Waals surface area contributed by atoms with E-state index in [9.17, 15) is 14.4 Å². The Hall–Kier alpha value is -2.55. The number of aliphatic imine (C=N–C) groups is 2. The fourth-order valence-corrected chi connectivity index (χ4v) is 1.15. The van der Waals surface area contributed by atoms with Crippen LogP contribution in [0.25, 0.3) is 0 Å². The average Bonchev–Trinajstić information content (AvgIpc) is 2.37. The summed E-state index contributed by atoms with van der Waals surface area (Å²) < 4.78 is 4.61. The predicted molar refractivity (Wildman–Crippen MR) is 56.4 cm³/mol. The minimum Gasteiger partial charge on any atom is -0.440 e. The minimum atomic E-state index is -1.09. The van der Waals surface area contributed by atoms with Gasteiger partial charge in [-0.15, -0.1) is 0 Å². The number of nitrogens with zero attached hydrogens (tertiary/aromatic N) is 2. The molecule has 0 heterocycles. The van der Waals surface area contributed by atoms with Crippen LogP contribution in [0.4, 0.5) is 0 Å². The Labute approximate surface area is 96.6 Å². The van der Waals surface area contributed by atoms with Crippen LogP contribution in [-0.4, -0.2) is 24.9 Å². The van der Waals surface area contributed by atoms with E-state index in [2.05, 4.69) is 14.7 Å². The van der Waals surface area contributed by atoms with Crippen LogP contribution in [0.3, 0.4) is 0 Å². The maximum Gasteiger partial charge on any atom is 0.338 e. The molecular formula is C11H8N2O4. The normalized spacial score (nSPS) is 10.6. The molecule has 0 fully saturated rings. The maximum atomic E-state index is 11.5. The van der Waals surface area contributed by atoms with Gasteiger partial charge in [-0.1, -0.05) is 30.3 Å². The molecule has 0 saturated heterocycles. The predicted octanol–water partition coefficient (Wildman–Crippen LogP) is 0.900. The first-order valence-electron chi connectivity index (χ1n) is 4.61. The number of hydrogen-bond acceptors (Lipinski definition) is 6. The summed E-state index contributed by atoms with van der Waals surface area (Å²) in [6, 6.07) is 7.30. The summed E-state index contributed by atoms with van der Waals surface area (Å²) in [5.74, 6) is -0.779. The van der Waals surface area contributed by atoms with Crippen molar-refractivity contribution in [1.29, 1.82) is 0 Å². The van der Waals surface area contributed by atoms with Gasteiger partial charge in [-0.25, -0.2) is 14.4 Å². The molecule has 0 aromatic heterocycles. The monoisotopic (exact) mass is 232 g/mol. The van der Waals surface area contributed by atoms with Gasteiger partial charge in [0.15, 0.2) is 12.8 Å². The molecule has 17 heavy (non-hydrogen) atoms. The molecule has 1 rings (SSSR count). The largest absolute Gasteiger partial charge is 0.440 e. The van der Waals surface area contributed by atoms with Gasteiger partial charge < -0.3 is 4.74 Å². The molecule has 0 amide bonds. The molecule has 0 aliphatic rings. The lowest BCUT2D eigenvalue weighted by atomic mass is 10.1. The van der Waals surface area contributed by atoms with Crippen molar-refractivity contribution in [3.05, 3.63) is 35.9 Å². The number of benzene rings is 1. The van der Waals surface area contributed by atoms with Gasteiger partial charge in [0.05, 0.1) is 0 Å². The molecule has 0 bridgehead atoms. The quantitative estimate of drug-likeness (QED) is 0.429. The first kappa shape index (κ1) is 12.5. The zero-order valence-corrected chi connectivity index (χ0v) is 8.70. The fourth-order valence-electron chi connectivity index (χ4n) is 1.15. The highest BCUT2D eigenvalue weighted by molar-refractivity contribution is 5.78. The lowest BCUT2D eigenvalue weighted by molar-refractivity contribution is -0.145. The summed E-state index contributed by atoms with van der Waals surface area (Å²) in [6.45, 7) is -0.444. The van der Waals surface area contributed by atoms with Gasteiger partial charge in [0.1, 0.15) is 0 Å². The summed E-state index contributed by atoms with van der Waals surface area (Å²) >= 11 is 0. The van der Waals surface area contributed by atoms with Crippen molar-refractivity contribution in [3.63, 3.8) is 0 Å². The van der Waals surface area contributed by atoms with E-state index in [1.165, 1.54) is 12.2 Å². The molecule has 0 spiro atoms. The number of esters is 1. The first-order valence-corrected chi connectivity index (χ1v) is 4.61. The van der Waals surface area contributed by atoms with Gasteiger partial charge in [0.2, 0.25) is 12.2 Å². The van der Waals surface area contributed by atoms with E-state index >= 15 is 0 Å². The van der Waals surface area contributed by atoms with E-state index in [-0.39, 0.29) is 0 Å². The molecule has 0 radical (unpaired) electrons. The lowest BCUT2D eigenvalue weighted by Gasteiger charge is -2.08. The molecule has 6 heteroatoms. The van der Waals surface area contributed by atoms with Crippen molar-refractivity contribution in [2.45, 2.75) is 6.04 Å². The van der Waals surface area contributed by atoms with Crippen LogP contribution in [0.2, 0.25) is 0 Å². The third kappa shape index (κ3) is 3.83. The minimum absolute atomic E-state index is 0.444. The van der Waals surface area contributed by atoms with Crippen molar-refractivity contribution in [3.8, 4) is 0 Å². The van der Waals surface area contributed by atoms with Gasteiger partial charge in [-0.3, -0.25) is 0 Å². The highest BCUT2D eigenvalue weighted by Gasteiger charge is 2.21. The molecule has 86 valence electrons. The Bertz CT molecular complexity index is 474. The second-order valence-electron chi connectivity index (χ2n) is 2.88. The van der Waals surface area contributed by atoms with E-state index in [4.69, 9.17) is 0 Å². The highest BCUT2D eigenvalue weighted by Crippen LogP contribution is 2.17. The Morgan fingerprint density at radius 2 is 1.94 bits per heavy atom. The van der Waals surface area contributed by atoms with E-state index in [0.29, 0.717) is 5.56 Å². The number of hydrogen-bond donors (Lipinski definition) is 0. The smallest absolute Gasteiger partial charge is 0.338 e. The van der Waals surface area contributed by atoms with E-state index in [1.807, 2.05) is 0 Å². The van der Waals surface area contributed by atoms with Crippen molar-refractivity contribution >= 4 is 18.1 Å². The Morgan fingerprint density at radius 3 is 2.53 bits per heavy atom. The summed E-state index contributed by atoms with van der Waals surface area (Å²) in [5, 5.41) is 0.